The summed E-state index contributed by atoms with van der Waals surface area (Å²) in [5, 5.41) is 4.97. The van der Waals surface area contributed by atoms with Crippen molar-refractivity contribution in [1.29, 1.82) is 0 Å². The van der Waals surface area contributed by atoms with E-state index < -0.39 is 10.0 Å². The normalized spacial score (nSPS) is 12.8. The molecule has 0 aliphatic rings. The smallest absolute Gasteiger partial charge is 0.213 e. The maximum absolute atomic E-state index is 10.9. The topological polar surface area (TPSA) is 86.2 Å². The van der Waals surface area contributed by atoms with Gasteiger partial charge in [-0.15, -0.1) is 0 Å². The van der Waals surface area contributed by atoms with Gasteiger partial charge in [-0.3, -0.25) is 0 Å². The van der Waals surface area contributed by atoms with Gasteiger partial charge < -0.3 is 5.73 Å². The van der Waals surface area contributed by atoms with Crippen LogP contribution >= 0.6 is 0 Å². The SMILES string of the molecule is CC(C)(C)c1ccc(CS(N)(=O)=O)cc1N. The van der Waals surface area contributed by atoms with Crippen molar-refractivity contribution in [2.45, 2.75) is 31.9 Å². The second-order valence-corrected chi connectivity index (χ2v) is 6.59. The summed E-state index contributed by atoms with van der Waals surface area (Å²) >= 11 is 0. The minimum atomic E-state index is -3.50. The second kappa shape index (κ2) is 4.07. The first kappa shape index (κ1) is 13.0. The summed E-state index contributed by atoms with van der Waals surface area (Å²) in [6.07, 6.45) is 0. The number of sulfonamides is 1. The van der Waals surface area contributed by atoms with E-state index >= 15 is 0 Å². The Morgan fingerprint density at radius 2 is 1.81 bits per heavy atom. The number of nitrogen functional groups attached to an aromatic ring is 1. The fourth-order valence-corrected chi connectivity index (χ4v) is 2.26. The predicted molar refractivity (Wildman–Crippen MR) is 66.4 cm³/mol. The molecule has 0 aromatic heterocycles. The molecule has 0 unspecified atom stereocenters. The molecule has 0 radical (unpaired) electrons. The largest absolute Gasteiger partial charge is 0.398 e. The van der Waals surface area contributed by atoms with E-state index in [1.165, 1.54) is 0 Å². The Hall–Kier alpha value is -1.07. The summed E-state index contributed by atoms with van der Waals surface area (Å²) in [5.74, 6) is -0.179. The second-order valence-electron chi connectivity index (χ2n) is 4.98. The minimum absolute atomic E-state index is 0.0514. The van der Waals surface area contributed by atoms with Gasteiger partial charge in [-0.05, 0) is 22.6 Å². The van der Waals surface area contributed by atoms with Gasteiger partial charge in [0.15, 0.2) is 0 Å². The van der Waals surface area contributed by atoms with Crippen LogP contribution in [0.5, 0.6) is 0 Å². The van der Waals surface area contributed by atoms with Gasteiger partial charge in [0.2, 0.25) is 10.0 Å². The Balaban J connectivity index is 3.10. The Morgan fingerprint density at radius 3 is 2.19 bits per heavy atom. The van der Waals surface area contributed by atoms with Crippen LogP contribution in [-0.4, -0.2) is 8.42 Å². The van der Waals surface area contributed by atoms with Crippen molar-refractivity contribution < 1.29 is 8.42 Å². The molecule has 0 aliphatic heterocycles. The highest BCUT2D eigenvalue weighted by atomic mass is 32.2. The number of nitrogens with two attached hydrogens (primary N) is 2. The molecule has 5 heteroatoms. The van der Waals surface area contributed by atoms with Crippen LogP contribution in [0.2, 0.25) is 0 Å². The third kappa shape index (κ3) is 3.50. The van der Waals surface area contributed by atoms with Gasteiger partial charge in [0.25, 0.3) is 0 Å². The summed E-state index contributed by atoms with van der Waals surface area (Å²) in [7, 11) is -3.50. The van der Waals surface area contributed by atoms with E-state index in [0.717, 1.165) is 5.56 Å². The van der Waals surface area contributed by atoms with Crippen LogP contribution in [0.15, 0.2) is 18.2 Å². The first-order valence-corrected chi connectivity index (χ1v) is 6.70. The van der Waals surface area contributed by atoms with Crippen molar-refractivity contribution in [3.05, 3.63) is 29.3 Å². The summed E-state index contributed by atoms with van der Waals surface area (Å²) in [6, 6.07) is 5.28. The number of hydrogen-bond donors (Lipinski definition) is 2. The molecule has 0 atom stereocenters. The Morgan fingerprint density at radius 1 is 1.25 bits per heavy atom. The highest BCUT2D eigenvalue weighted by molar-refractivity contribution is 7.88. The number of benzene rings is 1. The molecule has 0 amide bonds. The molecular formula is C11H18N2O2S. The lowest BCUT2D eigenvalue weighted by Gasteiger charge is -2.21. The van der Waals surface area contributed by atoms with Gasteiger partial charge in [0.05, 0.1) is 5.75 Å². The van der Waals surface area contributed by atoms with Gasteiger partial charge in [-0.1, -0.05) is 32.9 Å². The number of rotatable bonds is 2. The minimum Gasteiger partial charge on any atom is -0.398 e. The zero-order chi connectivity index (χ0) is 12.6. The van der Waals surface area contributed by atoms with Gasteiger partial charge in [0, 0.05) is 5.69 Å². The zero-order valence-electron chi connectivity index (χ0n) is 9.82. The quantitative estimate of drug-likeness (QED) is 0.768. The van der Waals surface area contributed by atoms with E-state index in [-0.39, 0.29) is 11.2 Å². The molecule has 90 valence electrons. The van der Waals surface area contributed by atoms with Crippen LogP contribution < -0.4 is 10.9 Å². The van der Waals surface area contributed by atoms with Crippen molar-refractivity contribution in [2.75, 3.05) is 5.73 Å². The highest BCUT2D eigenvalue weighted by Gasteiger charge is 2.17. The first-order valence-electron chi connectivity index (χ1n) is 4.99. The predicted octanol–water partition coefficient (Wildman–Crippen LogP) is 1.35. The monoisotopic (exact) mass is 242 g/mol. The molecule has 0 heterocycles. The molecule has 4 nitrogen and oxygen atoms in total. The maximum atomic E-state index is 10.9. The molecule has 0 bridgehead atoms. The number of anilines is 1. The lowest BCUT2D eigenvalue weighted by atomic mass is 9.85. The molecule has 1 aromatic rings. The van der Waals surface area contributed by atoms with Crippen LogP contribution in [0.4, 0.5) is 5.69 Å². The number of primary sulfonamides is 1. The van der Waals surface area contributed by atoms with Crippen LogP contribution in [-0.2, 0) is 21.2 Å². The molecule has 4 N–H and O–H groups in total. The van der Waals surface area contributed by atoms with Crippen molar-refractivity contribution in [1.82, 2.24) is 0 Å². The summed E-state index contributed by atoms with van der Waals surface area (Å²) in [5.41, 5.74) is 8.07. The van der Waals surface area contributed by atoms with Crippen LogP contribution in [0.25, 0.3) is 0 Å². The third-order valence-corrected chi connectivity index (χ3v) is 3.03. The van der Waals surface area contributed by atoms with Gasteiger partial charge in [-0.25, -0.2) is 13.6 Å². The van der Waals surface area contributed by atoms with E-state index in [4.69, 9.17) is 10.9 Å². The molecule has 0 aliphatic carbocycles. The van der Waals surface area contributed by atoms with Crippen LogP contribution in [0.3, 0.4) is 0 Å². The van der Waals surface area contributed by atoms with E-state index in [1.807, 2.05) is 6.07 Å². The standard InChI is InChI=1S/C11H18N2O2S/c1-11(2,3)9-5-4-8(6-10(9)12)7-16(13,14)15/h4-6H,7,12H2,1-3H3,(H2,13,14,15). The molecule has 16 heavy (non-hydrogen) atoms. The molecule has 0 saturated carbocycles. The van der Waals surface area contributed by atoms with Crippen molar-refractivity contribution in [2.24, 2.45) is 5.14 Å². The maximum Gasteiger partial charge on any atom is 0.213 e. The van der Waals surface area contributed by atoms with E-state index in [0.29, 0.717) is 11.3 Å². The fourth-order valence-electron chi connectivity index (χ4n) is 1.62. The number of hydrogen-bond acceptors (Lipinski definition) is 3. The molecule has 0 fully saturated rings. The third-order valence-electron chi connectivity index (χ3n) is 2.29. The van der Waals surface area contributed by atoms with Crippen LogP contribution in [0, 0.1) is 0 Å². The Labute approximate surface area is 96.7 Å². The fraction of sp³-hybridized carbons (Fsp3) is 0.455. The first-order chi connectivity index (χ1) is 7.09. The molecule has 1 aromatic carbocycles. The van der Waals surface area contributed by atoms with Crippen molar-refractivity contribution >= 4 is 15.7 Å². The van der Waals surface area contributed by atoms with Gasteiger partial charge in [0.1, 0.15) is 0 Å². The lowest BCUT2D eigenvalue weighted by molar-refractivity contribution is 0.592. The van der Waals surface area contributed by atoms with Crippen molar-refractivity contribution in [3.8, 4) is 0 Å². The molecule has 0 spiro atoms. The highest BCUT2D eigenvalue weighted by Crippen LogP contribution is 2.28. The van der Waals surface area contributed by atoms with E-state index in [1.54, 1.807) is 12.1 Å². The van der Waals surface area contributed by atoms with Gasteiger partial charge in [-0.2, -0.15) is 0 Å². The Bertz CT molecular complexity index is 487. The van der Waals surface area contributed by atoms with Crippen LogP contribution in [0.1, 0.15) is 31.9 Å². The van der Waals surface area contributed by atoms with E-state index in [9.17, 15) is 8.42 Å². The Kier molecular flexibility index (Phi) is 3.30. The van der Waals surface area contributed by atoms with Gasteiger partial charge >= 0.3 is 0 Å². The molecular weight excluding hydrogens is 224 g/mol. The van der Waals surface area contributed by atoms with E-state index in [2.05, 4.69) is 20.8 Å². The lowest BCUT2D eigenvalue weighted by Crippen LogP contribution is -2.16. The molecule has 0 saturated heterocycles. The summed E-state index contributed by atoms with van der Waals surface area (Å²) in [6.45, 7) is 6.16. The molecule has 1 rings (SSSR count). The summed E-state index contributed by atoms with van der Waals surface area (Å²) in [4.78, 5) is 0. The average Bonchev–Trinajstić information content (AvgIpc) is 1.97. The average molecular weight is 242 g/mol. The summed E-state index contributed by atoms with van der Waals surface area (Å²) < 4.78 is 21.9. The van der Waals surface area contributed by atoms with Crippen molar-refractivity contribution in [3.63, 3.8) is 0 Å². The zero-order valence-corrected chi connectivity index (χ0v) is 10.6.